The summed E-state index contributed by atoms with van der Waals surface area (Å²) in [4.78, 5) is 22.5. The van der Waals surface area contributed by atoms with Crippen LogP contribution in [-0.4, -0.2) is 23.3 Å². The summed E-state index contributed by atoms with van der Waals surface area (Å²) in [5.74, 6) is -1.16. The van der Waals surface area contributed by atoms with Gasteiger partial charge in [0, 0.05) is 0 Å². The van der Waals surface area contributed by atoms with Crippen molar-refractivity contribution in [1.82, 2.24) is 5.32 Å². The second-order valence-electron chi connectivity index (χ2n) is 4.78. The average molecular weight is 283 g/mol. The number of nitrogens with one attached hydrogen (secondary N) is 1. The molecule has 0 unspecified atom stereocenters. The van der Waals surface area contributed by atoms with Crippen LogP contribution in [0, 0.1) is 0 Å². The Morgan fingerprint density at radius 1 is 1.05 bits per heavy atom. The molecule has 0 saturated carbocycles. The summed E-state index contributed by atoms with van der Waals surface area (Å²) in [5.41, 5.74) is 2.68. The zero-order valence-corrected chi connectivity index (χ0v) is 11.0. The van der Waals surface area contributed by atoms with Gasteiger partial charge in [0.1, 0.15) is 6.04 Å². The zero-order valence-electron chi connectivity index (χ0n) is 11.0. The smallest absolute Gasteiger partial charge is 0.408 e. The molecule has 1 heterocycles. The zero-order chi connectivity index (χ0) is 14.8. The van der Waals surface area contributed by atoms with Crippen molar-refractivity contribution in [3.05, 3.63) is 60.2 Å². The third-order valence-electron chi connectivity index (χ3n) is 3.41. The number of cyclic esters (lactones) is 1. The molecule has 0 aromatic heterocycles. The van der Waals surface area contributed by atoms with Crippen LogP contribution in [0.15, 0.2) is 54.6 Å². The highest BCUT2D eigenvalue weighted by Crippen LogP contribution is 2.28. The molecule has 0 aliphatic carbocycles. The fourth-order valence-corrected chi connectivity index (χ4v) is 2.41. The first-order valence-electron chi connectivity index (χ1n) is 6.50. The summed E-state index contributed by atoms with van der Waals surface area (Å²) < 4.78 is 4.79. The van der Waals surface area contributed by atoms with Gasteiger partial charge in [0.15, 0.2) is 0 Å². The molecule has 5 nitrogen and oxygen atoms in total. The topological polar surface area (TPSA) is 75.6 Å². The first kappa shape index (κ1) is 13.2. The predicted octanol–water partition coefficient (Wildman–Crippen LogP) is 2.59. The molecule has 106 valence electrons. The number of amides is 1. The number of alkyl carbamates (subject to hydrolysis) is 1. The summed E-state index contributed by atoms with van der Waals surface area (Å²) >= 11 is 0. The molecule has 1 amide bonds. The van der Waals surface area contributed by atoms with E-state index in [1.54, 1.807) is 6.07 Å². The van der Waals surface area contributed by atoms with E-state index >= 15 is 0 Å². The number of carboxylic acids is 1. The highest BCUT2D eigenvalue weighted by Gasteiger charge is 2.40. The van der Waals surface area contributed by atoms with Crippen LogP contribution in [0.4, 0.5) is 4.79 Å². The first-order chi connectivity index (χ1) is 10.1. The summed E-state index contributed by atoms with van der Waals surface area (Å²) in [6.07, 6.45) is -1.92. The molecule has 2 N–H and O–H groups in total. The predicted molar refractivity (Wildman–Crippen MR) is 75.7 cm³/mol. The van der Waals surface area contributed by atoms with Crippen molar-refractivity contribution in [2.45, 2.75) is 12.1 Å². The Morgan fingerprint density at radius 3 is 2.48 bits per heavy atom. The molecular formula is C16H13NO4. The van der Waals surface area contributed by atoms with Crippen LogP contribution in [0.3, 0.4) is 0 Å². The largest absolute Gasteiger partial charge is 0.478 e. The molecule has 2 aromatic carbocycles. The number of ether oxygens (including phenoxy) is 1. The van der Waals surface area contributed by atoms with Gasteiger partial charge in [-0.25, -0.2) is 9.59 Å². The van der Waals surface area contributed by atoms with E-state index in [9.17, 15) is 9.59 Å². The van der Waals surface area contributed by atoms with E-state index in [0.717, 1.165) is 11.1 Å². The SMILES string of the molecule is O=C1N[C@H](c2cccc(-c3ccccc3)c2)[C@@H](C(=O)O)O1. The van der Waals surface area contributed by atoms with E-state index in [2.05, 4.69) is 5.32 Å². The van der Waals surface area contributed by atoms with Crippen molar-refractivity contribution in [3.8, 4) is 11.1 Å². The van der Waals surface area contributed by atoms with E-state index < -0.39 is 24.2 Å². The van der Waals surface area contributed by atoms with E-state index in [-0.39, 0.29) is 0 Å². The number of carbonyl (C=O) groups is 2. The molecule has 2 aromatic rings. The van der Waals surface area contributed by atoms with Gasteiger partial charge in [-0.3, -0.25) is 0 Å². The number of carboxylic acid groups (broad SMARTS) is 1. The van der Waals surface area contributed by atoms with Gasteiger partial charge in [-0.1, -0.05) is 48.5 Å². The van der Waals surface area contributed by atoms with Gasteiger partial charge in [0.05, 0.1) is 0 Å². The van der Waals surface area contributed by atoms with Gasteiger partial charge < -0.3 is 15.2 Å². The van der Waals surface area contributed by atoms with Gasteiger partial charge in [-0.05, 0) is 22.8 Å². The van der Waals surface area contributed by atoms with E-state index in [0.29, 0.717) is 5.56 Å². The fourth-order valence-electron chi connectivity index (χ4n) is 2.41. The summed E-state index contributed by atoms with van der Waals surface area (Å²) in [7, 11) is 0. The highest BCUT2D eigenvalue weighted by atomic mass is 16.6. The Labute approximate surface area is 121 Å². The molecule has 0 bridgehead atoms. The summed E-state index contributed by atoms with van der Waals surface area (Å²) in [6, 6.07) is 16.5. The summed E-state index contributed by atoms with van der Waals surface area (Å²) in [5, 5.41) is 11.7. The molecule has 1 fully saturated rings. The number of benzene rings is 2. The maximum Gasteiger partial charge on any atom is 0.408 e. The van der Waals surface area contributed by atoms with E-state index in [1.165, 1.54) is 0 Å². The van der Waals surface area contributed by atoms with Crippen LogP contribution >= 0.6 is 0 Å². The molecule has 3 rings (SSSR count). The van der Waals surface area contributed by atoms with E-state index in [4.69, 9.17) is 9.84 Å². The van der Waals surface area contributed by atoms with Gasteiger partial charge in [0.25, 0.3) is 0 Å². The Bertz CT molecular complexity index is 684. The van der Waals surface area contributed by atoms with Crippen LogP contribution in [0.1, 0.15) is 11.6 Å². The molecule has 0 radical (unpaired) electrons. The standard InChI is InChI=1S/C16H13NO4/c18-15(19)14-13(17-16(20)21-14)12-8-4-7-11(9-12)10-5-2-1-3-6-10/h1-9,13-14H,(H,17,20)(H,18,19)/t13-,14+/m1/s1. The van der Waals surface area contributed by atoms with Crippen molar-refractivity contribution in [1.29, 1.82) is 0 Å². The number of rotatable bonds is 3. The lowest BCUT2D eigenvalue weighted by molar-refractivity contribution is -0.146. The fraction of sp³-hybridized carbons (Fsp3) is 0.125. The Hall–Kier alpha value is -2.82. The number of carbonyl (C=O) groups excluding carboxylic acids is 1. The highest BCUT2D eigenvalue weighted by molar-refractivity contribution is 5.82. The molecular weight excluding hydrogens is 270 g/mol. The minimum atomic E-state index is -1.21. The maximum atomic E-state index is 11.3. The minimum Gasteiger partial charge on any atom is -0.478 e. The van der Waals surface area contributed by atoms with Gasteiger partial charge in [-0.2, -0.15) is 0 Å². The quantitative estimate of drug-likeness (QED) is 0.907. The molecule has 1 saturated heterocycles. The Kier molecular flexibility index (Phi) is 3.31. The molecule has 21 heavy (non-hydrogen) atoms. The second kappa shape index (κ2) is 5.28. The molecule has 5 heteroatoms. The van der Waals surface area contributed by atoms with Crippen molar-refractivity contribution >= 4 is 12.1 Å². The lowest BCUT2D eigenvalue weighted by Crippen LogP contribution is -2.28. The van der Waals surface area contributed by atoms with Crippen molar-refractivity contribution in [2.75, 3.05) is 0 Å². The number of aliphatic carboxylic acids is 1. The van der Waals surface area contributed by atoms with E-state index in [1.807, 2.05) is 48.5 Å². The van der Waals surface area contributed by atoms with Crippen molar-refractivity contribution < 1.29 is 19.4 Å². The van der Waals surface area contributed by atoms with Crippen LogP contribution in [0.25, 0.3) is 11.1 Å². The van der Waals surface area contributed by atoms with Crippen LogP contribution in [-0.2, 0) is 9.53 Å². The number of hydrogen-bond donors (Lipinski definition) is 2. The third kappa shape index (κ3) is 2.58. The Morgan fingerprint density at radius 2 is 1.76 bits per heavy atom. The average Bonchev–Trinajstić information content (AvgIpc) is 2.91. The third-order valence-corrected chi connectivity index (χ3v) is 3.41. The normalized spacial score (nSPS) is 20.7. The minimum absolute atomic E-state index is 0.682. The van der Waals surface area contributed by atoms with Crippen molar-refractivity contribution in [2.24, 2.45) is 0 Å². The number of hydrogen-bond acceptors (Lipinski definition) is 3. The first-order valence-corrected chi connectivity index (χ1v) is 6.50. The molecule has 2 atom stereocenters. The molecule has 0 spiro atoms. The van der Waals surface area contributed by atoms with Crippen LogP contribution in [0.5, 0.6) is 0 Å². The Balaban J connectivity index is 1.96. The van der Waals surface area contributed by atoms with Crippen molar-refractivity contribution in [3.63, 3.8) is 0 Å². The summed E-state index contributed by atoms with van der Waals surface area (Å²) in [6.45, 7) is 0. The second-order valence-corrected chi connectivity index (χ2v) is 4.78. The van der Waals surface area contributed by atoms with Gasteiger partial charge in [-0.15, -0.1) is 0 Å². The monoisotopic (exact) mass is 283 g/mol. The van der Waals surface area contributed by atoms with Crippen LogP contribution < -0.4 is 5.32 Å². The lowest BCUT2D eigenvalue weighted by atomic mass is 9.97. The molecule has 1 aliphatic heterocycles. The van der Waals surface area contributed by atoms with Gasteiger partial charge >= 0.3 is 12.1 Å². The maximum absolute atomic E-state index is 11.3. The van der Waals surface area contributed by atoms with Gasteiger partial charge in [0.2, 0.25) is 6.10 Å². The molecule has 1 aliphatic rings. The van der Waals surface area contributed by atoms with Crippen LogP contribution in [0.2, 0.25) is 0 Å². The lowest BCUT2D eigenvalue weighted by Gasteiger charge is -2.14.